The van der Waals surface area contributed by atoms with Crippen LogP contribution in [0.2, 0.25) is 0 Å². The molecule has 4 rings (SSSR count). The fourth-order valence-corrected chi connectivity index (χ4v) is 4.25. The summed E-state index contributed by atoms with van der Waals surface area (Å²) in [5.74, 6) is 0.628. The van der Waals surface area contributed by atoms with Gasteiger partial charge < -0.3 is 9.80 Å². The number of benzene rings is 1. The number of carbonyl (C=O) groups excluding carboxylic acids is 1. The van der Waals surface area contributed by atoms with E-state index >= 15 is 0 Å². The smallest absolute Gasteiger partial charge is 0.272 e. The summed E-state index contributed by atoms with van der Waals surface area (Å²) in [6.07, 6.45) is 4.24. The van der Waals surface area contributed by atoms with Crippen LogP contribution in [-0.4, -0.2) is 60.0 Å². The summed E-state index contributed by atoms with van der Waals surface area (Å²) < 4.78 is 0. The van der Waals surface area contributed by atoms with E-state index in [9.17, 15) is 4.79 Å². The van der Waals surface area contributed by atoms with Crippen molar-refractivity contribution in [3.8, 4) is 0 Å². The van der Waals surface area contributed by atoms with Crippen LogP contribution in [0.15, 0.2) is 42.6 Å². The molecule has 1 aromatic carbocycles. The number of hydrogen-bond acceptors (Lipinski definition) is 4. The number of nitrogens with zero attached hydrogens (tertiary/aromatic N) is 4. The largest absolute Gasteiger partial charge is 0.371 e. The van der Waals surface area contributed by atoms with Gasteiger partial charge in [-0.1, -0.05) is 38.1 Å². The molecule has 0 unspecified atom stereocenters. The molecule has 0 aliphatic carbocycles. The monoisotopic (exact) mass is 392 g/mol. The topological polar surface area (TPSA) is 39.7 Å². The van der Waals surface area contributed by atoms with Gasteiger partial charge in [0.15, 0.2) is 0 Å². The van der Waals surface area contributed by atoms with E-state index in [-0.39, 0.29) is 5.91 Å². The first kappa shape index (κ1) is 19.9. The first-order chi connectivity index (χ1) is 14.1. The molecule has 0 spiro atoms. The minimum Gasteiger partial charge on any atom is -0.371 e. The zero-order valence-corrected chi connectivity index (χ0v) is 17.7. The van der Waals surface area contributed by atoms with Crippen LogP contribution in [0.3, 0.4) is 0 Å². The van der Waals surface area contributed by atoms with Gasteiger partial charge in [0.05, 0.1) is 0 Å². The minimum atomic E-state index is 0.0620. The molecule has 1 amide bonds. The molecule has 1 aromatic heterocycles. The molecule has 154 valence electrons. The molecule has 29 heavy (non-hydrogen) atoms. The van der Waals surface area contributed by atoms with Gasteiger partial charge in [-0.15, -0.1) is 0 Å². The fraction of sp³-hybridized carbons (Fsp3) is 0.500. The molecule has 2 aromatic rings. The molecule has 2 fully saturated rings. The first-order valence-corrected chi connectivity index (χ1v) is 10.9. The zero-order chi connectivity index (χ0) is 20.2. The van der Waals surface area contributed by atoms with Crippen LogP contribution < -0.4 is 4.90 Å². The van der Waals surface area contributed by atoms with Gasteiger partial charge >= 0.3 is 0 Å². The summed E-state index contributed by atoms with van der Waals surface area (Å²) in [5, 5.41) is 0. The molecular formula is C24H32N4O. The number of aromatic nitrogens is 1. The third-order valence-corrected chi connectivity index (χ3v) is 6.15. The number of carbonyl (C=O) groups is 1. The number of hydrogen-bond donors (Lipinski definition) is 0. The Balaban J connectivity index is 1.32. The number of rotatable bonds is 5. The quantitative estimate of drug-likeness (QED) is 0.777. The average molecular weight is 393 g/mol. The predicted molar refractivity (Wildman–Crippen MR) is 117 cm³/mol. The molecular weight excluding hydrogens is 360 g/mol. The molecule has 5 nitrogen and oxygen atoms in total. The van der Waals surface area contributed by atoms with E-state index in [4.69, 9.17) is 0 Å². The minimum absolute atomic E-state index is 0.0620. The second-order valence-electron chi connectivity index (χ2n) is 8.56. The molecule has 0 atom stereocenters. The SMILES string of the molecule is CC(C)c1ccc(CN2CCN(C(=O)c3cc(N4CCCC4)ccn3)CC2)cc1. The van der Waals surface area contributed by atoms with Gasteiger partial charge in [-0.2, -0.15) is 0 Å². The lowest BCUT2D eigenvalue weighted by Crippen LogP contribution is -2.48. The lowest BCUT2D eigenvalue weighted by atomic mass is 10.0. The summed E-state index contributed by atoms with van der Waals surface area (Å²) in [6.45, 7) is 10.9. The Labute approximate surface area is 174 Å². The highest BCUT2D eigenvalue weighted by molar-refractivity contribution is 5.93. The highest BCUT2D eigenvalue weighted by Crippen LogP contribution is 2.21. The van der Waals surface area contributed by atoms with Crippen molar-refractivity contribution < 1.29 is 4.79 Å². The van der Waals surface area contributed by atoms with E-state index in [0.29, 0.717) is 11.6 Å². The van der Waals surface area contributed by atoms with E-state index in [0.717, 1.165) is 51.5 Å². The average Bonchev–Trinajstić information content (AvgIpc) is 3.29. The van der Waals surface area contributed by atoms with E-state index in [1.807, 2.05) is 17.0 Å². The third-order valence-electron chi connectivity index (χ3n) is 6.15. The van der Waals surface area contributed by atoms with Crippen molar-refractivity contribution in [2.75, 3.05) is 44.2 Å². The van der Waals surface area contributed by atoms with E-state index in [1.165, 1.54) is 24.0 Å². The van der Waals surface area contributed by atoms with Gasteiger partial charge in [0, 0.05) is 57.7 Å². The van der Waals surface area contributed by atoms with Gasteiger partial charge in [-0.3, -0.25) is 14.7 Å². The number of anilines is 1. The van der Waals surface area contributed by atoms with E-state index < -0.39 is 0 Å². The Kier molecular flexibility index (Phi) is 6.14. The molecule has 0 saturated carbocycles. The molecule has 0 radical (unpaired) electrons. The maximum atomic E-state index is 13.0. The highest BCUT2D eigenvalue weighted by Gasteiger charge is 2.24. The highest BCUT2D eigenvalue weighted by atomic mass is 16.2. The number of piperazine rings is 1. The molecule has 2 aliphatic rings. The van der Waals surface area contributed by atoms with Crippen LogP contribution in [-0.2, 0) is 6.54 Å². The summed E-state index contributed by atoms with van der Waals surface area (Å²) in [7, 11) is 0. The Morgan fingerprint density at radius 2 is 1.66 bits per heavy atom. The van der Waals surface area contributed by atoms with Gasteiger partial charge in [-0.05, 0) is 42.0 Å². The standard InChI is InChI=1S/C24H32N4O/c1-19(2)21-7-5-20(6-8-21)18-26-13-15-28(16-14-26)24(29)23-17-22(9-10-25-23)27-11-3-4-12-27/h5-10,17,19H,3-4,11-16,18H2,1-2H3. The van der Waals surface area contributed by atoms with Gasteiger partial charge in [0.2, 0.25) is 0 Å². The van der Waals surface area contributed by atoms with Gasteiger partial charge in [-0.25, -0.2) is 0 Å². The molecule has 5 heteroatoms. The zero-order valence-electron chi connectivity index (χ0n) is 17.7. The summed E-state index contributed by atoms with van der Waals surface area (Å²) in [4.78, 5) is 24.1. The summed E-state index contributed by atoms with van der Waals surface area (Å²) >= 11 is 0. The van der Waals surface area contributed by atoms with Crippen molar-refractivity contribution in [3.63, 3.8) is 0 Å². The van der Waals surface area contributed by atoms with Crippen LogP contribution in [0.25, 0.3) is 0 Å². The third kappa shape index (κ3) is 4.78. The Morgan fingerprint density at radius 3 is 2.31 bits per heavy atom. The van der Waals surface area contributed by atoms with E-state index in [2.05, 4.69) is 52.9 Å². The normalized spacial score (nSPS) is 17.9. The molecule has 0 N–H and O–H groups in total. The maximum absolute atomic E-state index is 13.0. The lowest BCUT2D eigenvalue weighted by molar-refractivity contribution is 0.0623. The molecule has 2 saturated heterocycles. The Hall–Kier alpha value is -2.40. The van der Waals surface area contributed by atoms with Gasteiger partial charge in [0.1, 0.15) is 5.69 Å². The molecule has 2 aliphatic heterocycles. The fourth-order valence-electron chi connectivity index (χ4n) is 4.25. The predicted octanol–water partition coefficient (Wildman–Crippen LogP) is 3.76. The van der Waals surface area contributed by atoms with Crippen LogP contribution in [0.5, 0.6) is 0 Å². The van der Waals surface area contributed by atoms with Crippen molar-refractivity contribution in [3.05, 3.63) is 59.4 Å². The van der Waals surface area contributed by atoms with Crippen molar-refractivity contribution >= 4 is 11.6 Å². The number of amides is 1. The van der Waals surface area contributed by atoms with Crippen LogP contribution in [0.1, 0.15) is 54.2 Å². The van der Waals surface area contributed by atoms with Crippen LogP contribution in [0.4, 0.5) is 5.69 Å². The Morgan fingerprint density at radius 1 is 0.966 bits per heavy atom. The molecule has 3 heterocycles. The van der Waals surface area contributed by atoms with Crippen LogP contribution >= 0.6 is 0 Å². The van der Waals surface area contributed by atoms with Gasteiger partial charge in [0.25, 0.3) is 5.91 Å². The molecule has 0 bridgehead atoms. The van der Waals surface area contributed by atoms with E-state index in [1.54, 1.807) is 6.20 Å². The number of pyridine rings is 1. The second kappa shape index (κ2) is 8.95. The Bertz CT molecular complexity index is 819. The maximum Gasteiger partial charge on any atom is 0.272 e. The summed E-state index contributed by atoms with van der Waals surface area (Å²) in [6, 6.07) is 12.9. The van der Waals surface area contributed by atoms with Crippen LogP contribution in [0, 0.1) is 0 Å². The summed E-state index contributed by atoms with van der Waals surface area (Å²) in [5.41, 5.74) is 4.43. The van der Waals surface area contributed by atoms with Crippen molar-refractivity contribution in [2.24, 2.45) is 0 Å². The van der Waals surface area contributed by atoms with Crippen molar-refractivity contribution in [1.29, 1.82) is 0 Å². The van der Waals surface area contributed by atoms with Crippen molar-refractivity contribution in [1.82, 2.24) is 14.8 Å². The lowest BCUT2D eigenvalue weighted by Gasteiger charge is -2.34. The first-order valence-electron chi connectivity index (χ1n) is 10.9. The second-order valence-corrected chi connectivity index (χ2v) is 8.56. The van der Waals surface area contributed by atoms with Crippen molar-refractivity contribution in [2.45, 2.75) is 39.2 Å².